The van der Waals surface area contributed by atoms with Crippen molar-refractivity contribution in [3.05, 3.63) is 59.7 Å². The maximum Gasteiger partial charge on any atom is 0.251 e. The largest absolute Gasteiger partial charge is 0.379 e. The minimum atomic E-state index is -4.03. The van der Waals surface area contributed by atoms with Gasteiger partial charge in [0, 0.05) is 24.8 Å². The van der Waals surface area contributed by atoms with Crippen molar-refractivity contribution >= 4 is 15.9 Å². The number of halogens is 1. The predicted octanol–water partition coefficient (Wildman–Crippen LogP) is 1.17. The number of carbonyl (C=O) groups is 1. The summed E-state index contributed by atoms with van der Waals surface area (Å²) in [5.41, 5.74) is 0.721. The standard InChI is InChI=1S/C17H18FN3O4S/c18-15-5-4-13(17(22)20-12-14-3-1-2-6-19-14)11-16(15)26(23,24)21-7-9-25-10-8-21/h1-6,11H,7-10,12H2,(H,20,22). The molecular formula is C17H18FN3O4S. The van der Waals surface area contributed by atoms with Gasteiger partial charge >= 0.3 is 0 Å². The molecule has 1 amide bonds. The van der Waals surface area contributed by atoms with Crippen molar-refractivity contribution in [3.63, 3.8) is 0 Å². The van der Waals surface area contributed by atoms with E-state index in [2.05, 4.69) is 10.3 Å². The number of aromatic nitrogens is 1. The Bertz CT molecular complexity index is 884. The highest BCUT2D eigenvalue weighted by Gasteiger charge is 2.29. The Hall–Kier alpha value is -2.36. The second-order valence-corrected chi connectivity index (χ2v) is 7.57. The van der Waals surface area contributed by atoms with Crippen LogP contribution in [0.3, 0.4) is 0 Å². The zero-order chi connectivity index (χ0) is 18.6. The molecule has 3 rings (SSSR count). The Morgan fingerprint density at radius 3 is 2.69 bits per heavy atom. The van der Waals surface area contributed by atoms with Crippen LogP contribution in [-0.4, -0.2) is 49.9 Å². The van der Waals surface area contributed by atoms with E-state index in [0.717, 1.165) is 16.4 Å². The highest BCUT2D eigenvalue weighted by molar-refractivity contribution is 7.89. The molecule has 1 saturated heterocycles. The molecule has 26 heavy (non-hydrogen) atoms. The Kier molecular flexibility index (Phi) is 5.60. The second kappa shape index (κ2) is 7.90. The molecule has 138 valence electrons. The summed E-state index contributed by atoms with van der Waals surface area (Å²) in [6.45, 7) is 0.995. The van der Waals surface area contributed by atoms with Gasteiger partial charge in [0.15, 0.2) is 0 Å². The molecule has 1 aliphatic heterocycles. The minimum absolute atomic E-state index is 0.0640. The molecule has 9 heteroatoms. The second-order valence-electron chi connectivity index (χ2n) is 5.67. The number of carbonyl (C=O) groups excluding carboxylic acids is 1. The first-order valence-electron chi connectivity index (χ1n) is 8.04. The number of pyridine rings is 1. The normalized spacial score (nSPS) is 15.6. The number of sulfonamides is 1. The van der Waals surface area contributed by atoms with Crippen LogP contribution < -0.4 is 5.32 Å². The van der Waals surface area contributed by atoms with Crippen molar-refractivity contribution in [1.29, 1.82) is 0 Å². The van der Waals surface area contributed by atoms with E-state index in [9.17, 15) is 17.6 Å². The summed E-state index contributed by atoms with van der Waals surface area (Å²) in [5.74, 6) is -1.40. The quantitative estimate of drug-likeness (QED) is 0.843. The topological polar surface area (TPSA) is 88.6 Å². The van der Waals surface area contributed by atoms with Gasteiger partial charge in [0.05, 0.1) is 25.5 Å². The Labute approximate surface area is 150 Å². The zero-order valence-electron chi connectivity index (χ0n) is 13.9. The van der Waals surface area contributed by atoms with Gasteiger partial charge in [0.2, 0.25) is 10.0 Å². The first-order valence-corrected chi connectivity index (χ1v) is 9.48. The highest BCUT2D eigenvalue weighted by atomic mass is 32.2. The lowest BCUT2D eigenvalue weighted by atomic mass is 10.2. The van der Waals surface area contributed by atoms with Crippen molar-refractivity contribution in [3.8, 4) is 0 Å². The third-order valence-electron chi connectivity index (χ3n) is 3.94. The van der Waals surface area contributed by atoms with Crippen LogP contribution in [0.5, 0.6) is 0 Å². The lowest BCUT2D eigenvalue weighted by molar-refractivity contribution is 0.0729. The van der Waals surface area contributed by atoms with Crippen molar-refractivity contribution in [2.45, 2.75) is 11.4 Å². The van der Waals surface area contributed by atoms with Gasteiger partial charge < -0.3 is 10.1 Å². The van der Waals surface area contributed by atoms with Gasteiger partial charge in [-0.25, -0.2) is 12.8 Å². The summed E-state index contributed by atoms with van der Waals surface area (Å²) in [6, 6.07) is 8.60. The number of ether oxygens (including phenoxy) is 1. The van der Waals surface area contributed by atoms with Gasteiger partial charge in [0.1, 0.15) is 10.7 Å². The van der Waals surface area contributed by atoms with Crippen molar-refractivity contribution in [2.75, 3.05) is 26.3 Å². The van der Waals surface area contributed by atoms with E-state index in [-0.39, 0.29) is 38.4 Å². The lowest BCUT2D eigenvalue weighted by Crippen LogP contribution is -2.41. The van der Waals surface area contributed by atoms with Crippen LogP contribution in [-0.2, 0) is 21.3 Å². The molecule has 0 atom stereocenters. The van der Waals surface area contributed by atoms with Gasteiger partial charge in [-0.2, -0.15) is 4.31 Å². The van der Waals surface area contributed by atoms with E-state index in [1.54, 1.807) is 24.4 Å². The van der Waals surface area contributed by atoms with E-state index in [0.29, 0.717) is 5.69 Å². The van der Waals surface area contributed by atoms with Crippen LogP contribution in [0.25, 0.3) is 0 Å². The molecule has 1 aliphatic rings. The molecule has 0 unspecified atom stereocenters. The van der Waals surface area contributed by atoms with E-state index in [4.69, 9.17) is 4.74 Å². The van der Waals surface area contributed by atoms with E-state index in [1.807, 2.05) is 0 Å². The number of nitrogens with one attached hydrogen (secondary N) is 1. The highest BCUT2D eigenvalue weighted by Crippen LogP contribution is 2.22. The average Bonchev–Trinajstić information content (AvgIpc) is 2.68. The van der Waals surface area contributed by atoms with Crippen LogP contribution in [0.2, 0.25) is 0 Å². The molecular weight excluding hydrogens is 361 g/mol. The maximum absolute atomic E-state index is 14.2. The van der Waals surface area contributed by atoms with Crippen LogP contribution in [0.1, 0.15) is 16.1 Å². The number of hydrogen-bond donors (Lipinski definition) is 1. The number of morpholine rings is 1. The molecule has 2 heterocycles. The number of nitrogens with zero attached hydrogens (tertiary/aromatic N) is 2. The number of hydrogen-bond acceptors (Lipinski definition) is 5. The molecule has 1 N–H and O–H groups in total. The zero-order valence-corrected chi connectivity index (χ0v) is 14.7. The fourth-order valence-electron chi connectivity index (χ4n) is 2.54. The molecule has 0 saturated carbocycles. The number of amides is 1. The average molecular weight is 379 g/mol. The van der Waals surface area contributed by atoms with E-state index >= 15 is 0 Å². The Morgan fingerprint density at radius 1 is 1.23 bits per heavy atom. The monoisotopic (exact) mass is 379 g/mol. The molecule has 1 aromatic heterocycles. The SMILES string of the molecule is O=C(NCc1ccccn1)c1ccc(F)c(S(=O)(=O)N2CCOCC2)c1. The van der Waals surface area contributed by atoms with Crippen molar-refractivity contribution in [1.82, 2.24) is 14.6 Å². The molecule has 2 aromatic rings. The van der Waals surface area contributed by atoms with Gasteiger partial charge in [-0.3, -0.25) is 9.78 Å². The van der Waals surface area contributed by atoms with Crippen molar-refractivity contribution in [2.24, 2.45) is 0 Å². The summed E-state index contributed by atoms with van der Waals surface area (Å²) in [7, 11) is -4.03. The predicted molar refractivity (Wildman–Crippen MR) is 91.4 cm³/mol. The van der Waals surface area contributed by atoms with Crippen LogP contribution in [0, 0.1) is 5.82 Å². The van der Waals surface area contributed by atoms with Crippen LogP contribution in [0.4, 0.5) is 4.39 Å². The molecule has 0 radical (unpaired) electrons. The lowest BCUT2D eigenvalue weighted by Gasteiger charge is -2.26. The summed E-state index contributed by atoms with van der Waals surface area (Å²) < 4.78 is 45.7. The molecule has 7 nitrogen and oxygen atoms in total. The van der Waals surface area contributed by atoms with Gasteiger partial charge in [-0.1, -0.05) is 6.07 Å². The van der Waals surface area contributed by atoms with Gasteiger partial charge in [-0.05, 0) is 30.3 Å². The summed E-state index contributed by atoms with van der Waals surface area (Å²) >= 11 is 0. The minimum Gasteiger partial charge on any atom is -0.379 e. The van der Waals surface area contributed by atoms with Crippen LogP contribution >= 0.6 is 0 Å². The Morgan fingerprint density at radius 2 is 2.00 bits per heavy atom. The number of benzene rings is 1. The summed E-state index contributed by atoms with van der Waals surface area (Å²) in [5, 5.41) is 2.64. The van der Waals surface area contributed by atoms with E-state index < -0.39 is 26.6 Å². The van der Waals surface area contributed by atoms with Gasteiger partial charge in [-0.15, -0.1) is 0 Å². The maximum atomic E-state index is 14.2. The number of rotatable bonds is 5. The van der Waals surface area contributed by atoms with Gasteiger partial charge in [0.25, 0.3) is 5.91 Å². The fraction of sp³-hybridized carbons (Fsp3) is 0.294. The molecule has 0 spiro atoms. The molecule has 0 aliphatic carbocycles. The third-order valence-corrected chi connectivity index (χ3v) is 5.85. The van der Waals surface area contributed by atoms with Crippen molar-refractivity contribution < 1.29 is 22.3 Å². The first kappa shape index (κ1) is 18.4. The van der Waals surface area contributed by atoms with E-state index in [1.165, 1.54) is 6.07 Å². The smallest absolute Gasteiger partial charge is 0.251 e. The molecule has 1 aromatic carbocycles. The van der Waals surface area contributed by atoms with Crippen LogP contribution in [0.15, 0.2) is 47.5 Å². The summed E-state index contributed by atoms with van der Waals surface area (Å²) in [6.07, 6.45) is 1.60. The Balaban J connectivity index is 1.79. The molecule has 1 fully saturated rings. The summed E-state index contributed by atoms with van der Waals surface area (Å²) in [4.78, 5) is 15.9. The molecule has 0 bridgehead atoms. The first-order chi connectivity index (χ1) is 12.5. The third kappa shape index (κ3) is 4.06. The fourth-order valence-corrected chi connectivity index (χ4v) is 4.04.